The average molecular weight is 364 g/mol. The number of imidazole rings is 1. The van der Waals surface area contributed by atoms with Crippen molar-refractivity contribution in [2.75, 3.05) is 32.1 Å². The average Bonchev–Trinajstić information content (AvgIpc) is 3.35. The minimum atomic E-state index is -0.0404. The smallest absolute Gasteiger partial charge is 0.251 e. The van der Waals surface area contributed by atoms with E-state index in [1.165, 1.54) is 6.42 Å². The van der Waals surface area contributed by atoms with Crippen LogP contribution in [-0.2, 0) is 0 Å². The topological polar surface area (TPSA) is 74.6 Å². The summed E-state index contributed by atoms with van der Waals surface area (Å²) >= 11 is 0. The van der Waals surface area contributed by atoms with Crippen molar-refractivity contribution in [2.45, 2.75) is 18.9 Å². The van der Waals surface area contributed by atoms with Crippen molar-refractivity contribution in [1.82, 2.24) is 25.2 Å². The highest BCUT2D eigenvalue weighted by atomic mass is 16.1. The fourth-order valence-electron chi connectivity index (χ4n) is 3.34. The Morgan fingerprint density at radius 1 is 1.26 bits per heavy atom. The Hall–Kier alpha value is -2.93. The zero-order valence-corrected chi connectivity index (χ0v) is 15.6. The van der Waals surface area contributed by atoms with Crippen molar-refractivity contribution < 1.29 is 4.79 Å². The molecule has 27 heavy (non-hydrogen) atoms. The van der Waals surface area contributed by atoms with E-state index in [9.17, 15) is 4.79 Å². The molecule has 1 aromatic carbocycles. The van der Waals surface area contributed by atoms with Gasteiger partial charge in [-0.3, -0.25) is 4.79 Å². The van der Waals surface area contributed by atoms with Gasteiger partial charge in [-0.15, -0.1) is 5.10 Å². The molecule has 0 spiro atoms. The third-order valence-corrected chi connectivity index (χ3v) is 4.92. The van der Waals surface area contributed by atoms with Crippen LogP contribution in [-0.4, -0.2) is 53.7 Å². The van der Waals surface area contributed by atoms with E-state index in [0.29, 0.717) is 18.2 Å². The molecule has 1 atom stereocenters. The van der Waals surface area contributed by atoms with Crippen molar-refractivity contribution in [3.8, 4) is 11.3 Å². The lowest BCUT2D eigenvalue weighted by Crippen LogP contribution is -2.37. The molecule has 2 N–H and O–H groups in total. The summed E-state index contributed by atoms with van der Waals surface area (Å²) in [6.07, 6.45) is 4.11. The van der Waals surface area contributed by atoms with E-state index >= 15 is 0 Å². The highest BCUT2D eigenvalue weighted by molar-refractivity contribution is 5.94. The number of carbonyl (C=O) groups is 1. The summed E-state index contributed by atoms with van der Waals surface area (Å²) in [5, 5.41) is 11.0. The second-order valence-corrected chi connectivity index (χ2v) is 7.08. The largest absolute Gasteiger partial charge is 0.361 e. The van der Waals surface area contributed by atoms with Gasteiger partial charge in [0.1, 0.15) is 5.82 Å². The molecule has 1 aliphatic heterocycles. The summed E-state index contributed by atoms with van der Waals surface area (Å²) in [5.41, 5.74) is 3.32. The highest BCUT2D eigenvalue weighted by Crippen LogP contribution is 2.22. The fourth-order valence-corrected chi connectivity index (χ4v) is 3.34. The monoisotopic (exact) mass is 364 g/mol. The van der Waals surface area contributed by atoms with Gasteiger partial charge < -0.3 is 15.5 Å². The molecule has 3 aromatic rings. The zero-order valence-electron chi connectivity index (χ0n) is 15.6. The third-order valence-electron chi connectivity index (χ3n) is 4.92. The van der Waals surface area contributed by atoms with Gasteiger partial charge >= 0.3 is 0 Å². The molecular weight excluding hydrogens is 340 g/mol. The maximum absolute atomic E-state index is 12.4. The number of hydrogen-bond acceptors (Lipinski definition) is 5. The van der Waals surface area contributed by atoms with Gasteiger partial charge in [-0.1, -0.05) is 12.1 Å². The number of hydrogen-bond donors (Lipinski definition) is 2. The van der Waals surface area contributed by atoms with Crippen LogP contribution in [0.5, 0.6) is 0 Å². The van der Waals surface area contributed by atoms with Crippen molar-refractivity contribution in [1.29, 1.82) is 0 Å². The number of anilines is 1. The predicted molar refractivity (Wildman–Crippen MR) is 106 cm³/mol. The van der Waals surface area contributed by atoms with Crippen LogP contribution in [0.25, 0.3) is 16.9 Å². The lowest BCUT2D eigenvalue weighted by atomic mass is 10.1. The fraction of sp³-hybridized carbons (Fsp3) is 0.350. The Labute approximate surface area is 158 Å². The van der Waals surface area contributed by atoms with E-state index in [0.717, 1.165) is 35.7 Å². The lowest BCUT2D eigenvalue weighted by molar-refractivity contribution is 0.0950. The zero-order chi connectivity index (χ0) is 18.8. The molecule has 1 saturated heterocycles. The van der Waals surface area contributed by atoms with E-state index in [2.05, 4.69) is 20.7 Å². The molecule has 1 fully saturated rings. The number of rotatable bonds is 5. The molecule has 7 heteroatoms. The van der Waals surface area contributed by atoms with E-state index in [4.69, 9.17) is 0 Å². The minimum Gasteiger partial charge on any atom is -0.361 e. The van der Waals surface area contributed by atoms with Crippen LogP contribution in [0.2, 0.25) is 0 Å². The molecule has 140 valence electrons. The van der Waals surface area contributed by atoms with Gasteiger partial charge in [0.2, 0.25) is 0 Å². The summed E-state index contributed by atoms with van der Waals surface area (Å²) < 4.78 is 1.83. The first-order chi connectivity index (χ1) is 13.1. The molecular formula is C20H24N6O. The molecule has 2 aromatic heterocycles. The second-order valence-electron chi connectivity index (χ2n) is 7.08. The first-order valence-corrected chi connectivity index (χ1v) is 9.26. The molecule has 0 aliphatic carbocycles. The maximum atomic E-state index is 12.4. The van der Waals surface area contributed by atoms with Crippen molar-refractivity contribution in [3.05, 3.63) is 48.2 Å². The molecule has 7 nitrogen and oxygen atoms in total. The van der Waals surface area contributed by atoms with Crippen LogP contribution in [0.15, 0.2) is 42.6 Å². The quantitative estimate of drug-likeness (QED) is 0.724. The van der Waals surface area contributed by atoms with E-state index in [1.807, 2.05) is 66.1 Å². The first-order valence-electron chi connectivity index (χ1n) is 9.26. The SMILES string of the molecule is CN(C)c1ccc2ncc(-c3ccc(C(=O)NC[C@@H]4CCCN4)cc3)n2n1. The van der Waals surface area contributed by atoms with Gasteiger partial charge in [0.15, 0.2) is 5.65 Å². The second kappa shape index (κ2) is 7.36. The minimum absolute atomic E-state index is 0.0404. The maximum Gasteiger partial charge on any atom is 0.251 e. The van der Waals surface area contributed by atoms with Gasteiger partial charge in [-0.2, -0.15) is 0 Å². The van der Waals surface area contributed by atoms with Crippen molar-refractivity contribution >= 4 is 17.4 Å². The molecule has 0 bridgehead atoms. The van der Waals surface area contributed by atoms with Crippen LogP contribution < -0.4 is 15.5 Å². The first kappa shape index (κ1) is 17.5. The molecule has 0 unspecified atom stereocenters. The normalized spacial score (nSPS) is 16.6. The Bertz CT molecular complexity index is 941. The summed E-state index contributed by atoms with van der Waals surface area (Å²) in [4.78, 5) is 18.7. The Balaban J connectivity index is 1.52. The van der Waals surface area contributed by atoms with Crippen molar-refractivity contribution in [3.63, 3.8) is 0 Å². The molecule has 0 radical (unpaired) electrons. The summed E-state index contributed by atoms with van der Waals surface area (Å²) in [5.74, 6) is 0.819. The molecule has 4 rings (SSSR count). The Morgan fingerprint density at radius 3 is 2.78 bits per heavy atom. The number of amides is 1. The standard InChI is InChI=1S/C20H24N6O/c1-25(2)19-10-9-18-22-13-17(26(18)24-19)14-5-7-15(8-6-14)20(27)23-12-16-4-3-11-21-16/h5-10,13,16,21H,3-4,11-12H2,1-2H3,(H,23,27)/t16-/m0/s1. The summed E-state index contributed by atoms with van der Waals surface area (Å²) in [6, 6.07) is 11.9. The molecule has 3 heterocycles. The number of aromatic nitrogens is 3. The van der Waals surface area contributed by atoms with Crippen LogP contribution in [0.3, 0.4) is 0 Å². The summed E-state index contributed by atoms with van der Waals surface area (Å²) in [6.45, 7) is 1.71. The van der Waals surface area contributed by atoms with Gasteiger partial charge in [-0.25, -0.2) is 9.50 Å². The number of nitrogens with zero attached hydrogens (tertiary/aromatic N) is 4. The van der Waals surface area contributed by atoms with Gasteiger partial charge in [0, 0.05) is 37.8 Å². The molecule has 1 aliphatic rings. The number of fused-ring (bicyclic) bond motifs is 1. The third kappa shape index (κ3) is 3.64. The number of benzene rings is 1. The number of carbonyl (C=O) groups excluding carboxylic acids is 1. The van der Waals surface area contributed by atoms with Gasteiger partial charge in [-0.05, 0) is 43.7 Å². The van der Waals surface area contributed by atoms with E-state index in [1.54, 1.807) is 0 Å². The van der Waals surface area contributed by atoms with Crippen LogP contribution >= 0.6 is 0 Å². The summed E-state index contributed by atoms with van der Waals surface area (Å²) in [7, 11) is 3.92. The Morgan fingerprint density at radius 2 is 2.07 bits per heavy atom. The van der Waals surface area contributed by atoms with Crippen molar-refractivity contribution in [2.24, 2.45) is 0 Å². The lowest BCUT2D eigenvalue weighted by Gasteiger charge is -2.12. The van der Waals surface area contributed by atoms with Crippen LogP contribution in [0, 0.1) is 0 Å². The predicted octanol–water partition coefficient (Wildman–Crippen LogP) is 1.94. The van der Waals surface area contributed by atoms with Crippen LogP contribution in [0.1, 0.15) is 23.2 Å². The van der Waals surface area contributed by atoms with Gasteiger partial charge in [0.05, 0.1) is 11.9 Å². The highest BCUT2D eigenvalue weighted by Gasteiger charge is 2.15. The van der Waals surface area contributed by atoms with Crippen LogP contribution in [0.4, 0.5) is 5.82 Å². The van der Waals surface area contributed by atoms with E-state index < -0.39 is 0 Å². The number of nitrogens with one attached hydrogen (secondary N) is 2. The molecule has 0 saturated carbocycles. The molecule has 1 amide bonds. The van der Waals surface area contributed by atoms with Gasteiger partial charge in [0.25, 0.3) is 5.91 Å². The van der Waals surface area contributed by atoms with E-state index in [-0.39, 0.29) is 5.91 Å². The Kier molecular flexibility index (Phi) is 4.77.